The molecule has 2 heterocycles. The first-order chi connectivity index (χ1) is 6.79. The summed E-state index contributed by atoms with van der Waals surface area (Å²) in [6.45, 7) is 2.42. The maximum Gasteiger partial charge on any atom is 0.142 e. The topological polar surface area (TPSA) is 16.1 Å². The van der Waals surface area contributed by atoms with Gasteiger partial charge < -0.3 is 4.90 Å². The van der Waals surface area contributed by atoms with Gasteiger partial charge in [0, 0.05) is 24.7 Å². The van der Waals surface area contributed by atoms with E-state index in [0.717, 1.165) is 10.3 Å². The van der Waals surface area contributed by atoms with Crippen molar-refractivity contribution in [3.8, 4) is 0 Å². The maximum absolute atomic E-state index is 4.40. The van der Waals surface area contributed by atoms with Crippen LogP contribution in [0.15, 0.2) is 22.8 Å². The lowest BCUT2D eigenvalue weighted by Crippen LogP contribution is -2.60. The SMILES string of the molecule is Brc1cccnc1N1CC2(CCC2)C1. The molecule has 0 aromatic carbocycles. The molecular weight excluding hydrogens is 240 g/mol. The zero-order chi connectivity index (χ0) is 9.60. The highest BCUT2D eigenvalue weighted by molar-refractivity contribution is 9.10. The average molecular weight is 253 g/mol. The van der Waals surface area contributed by atoms with E-state index in [1.54, 1.807) is 0 Å². The van der Waals surface area contributed by atoms with E-state index in [1.807, 2.05) is 12.3 Å². The quantitative estimate of drug-likeness (QED) is 0.765. The van der Waals surface area contributed by atoms with Gasteiger partial charge in [0.2, 0.25) is 0 Å². The monoisotopic (exact) mass is 252 g/mol. The first-order valence-corrected chi connectivity index (χ1v) is 5.94. The lowest BCUT2D eigenvalue weighted by Gasteiger charge is -2.56. The van der Waals surface area contributed by atoms with Crippen molar-refractivity contribution in [1.82, 2.24) is 4.98 Å². The minimum atomic E-state index is 0.678. The standard InChI is InChI=1S/C11H13BrN2/c12-9-3-1-6-13-10(9)14-7-11(8-14)4-2-5-11/h1,3,6H,2,4-5,7-8H2. The summed E-state index contributed by atoms with van der Waals surface area (Å²) in [7, 11) is 0. The molecule has 0 amide bonds. The molecule has 14 heavy (non-hydrogen) atoms. The Morgan fingerprint density at radius 1 is 1.36 bits per heavy atom. The summed E-state index contributed by atoms with van der Waals surface area (Å²) < 4.78 is 1.12. The minimum Gasteiger partial charge on any atom is -0.354 e. The summed E-state index contributed by atoms with van der Waals surface area (Å²) >= 11 is 3.54. The van der Waals surface area contributed by atoms with Gasteiger partial charge >= 0.3 is 0 Å². The van der Waals surface area contributed by atoms with E-state index in [1.165, 1.54) is 32.4 Å². The van der Waals surface area contributed by atoms with Crippen molar-refractivity contribution < 1.29 is 0 Å². The van der Waals surface area contributed by atoms with Crippen molar-refractivity contribution in [2.24, 2.45) is 5.41 Å². The fourth-order valence-electron chi connectivity index (χ4n) is 2.52. The molecule has 0 bridgehead atoms. The Balaban J connectivity index is 1.76. The van der Waals surface area contributed by atoms with Crippen LogP contribution in [-0.4, -0.2) is 18.1 Å². The highest BCUT2D eigenvalue weighted by Gasteiger charge is 2.47. The van der Waals surface area contributed by atoms with Crippen LogP contribution in [0.25, 0.3) is 0 Å². The fourth-order valence-corrected chi connectivity index (χ4v) is 3.02. The van der Waals surface area contributed by atoms with Crippen molar-refractivity contribution in [3.63, 3.8) is 0 Å². The largest absolute Gasteiger partial charge is 0.354 e. The highest BCUT2D eigenvalue weighted by Crippen LogP contribution is 2.49. The Labute approximate surface area is 92.5 Å². The molecule has 0 N–H and O–H groups in total. The van der Waals surface area contributed by atoms with Gasteiger partial charge in [0.25, 0.3) is 0 Å². The Bertz CT molecular complexity index is 352. The smallest absolute Gasteiger partial charge is 0.142 e. The van der Waals surface area contributed by atoms with Gasteiger partial charge in [-0.25, -0.2) is 4.98 Å². The Kier molecular flexibility index (Phi) is 1.84. The predicted octanol–water partition coefficient (Wildman–Crippen LogP) is 2.83. The van der Waals surface area contributed by atoms with Gasteiger partial charge in [0.15, 0.2) is 0 Å². The molecule has 1 saturated carbocycles. The summed E-state index contributed by atoms with van der Waals surface area (Å²) in [4.78, 5) is 6.78. The molecule has 0 radical (unpaired) electrons. The van der Waals surface area contributed by atoms with Gasteiger partial charge in [-0.1, -0.05) is 6.42 Å². The molecule has 1 aliphatic carbocycles. The van der Waals surface area contributed by atoms with Crippen molar-refractivity contribution in [2.75, 3.05) is 18.0 Å². The molecule has 1 saturated heterocycles. The van der Waals surface area contributed by atoms with Crippen molar-refractivity contribution in [1.29, 1.82) is 0 Å². The van der Waals surface area contributed by atoms with Crippen molar-refractivity contribution in [3.05, 3.63) is 22.8 Å². The molecule has 3 heteroatoms. The third kappa shape index (κ3) is 1.18. The third-order valence-electron chi connectivity index (χ3n) is 3.51. The molecule has 2 nitrogen and oxygen atoms in total. The lowest BCUT2D eigenvalue weighted by molar-refractivity contribution is 0.0895. The van der Waals surface area contributed by atoms with E-state index in [2.05, 4.69) is 31.9 Å². The third-order valence-corrected chi connectivity index (χ3v) is 4.12. The summed E-state index contributed by atoms with van der Waals surface area (Å²) in [5, 5.41) is 0. The average Bonchev–Trinajstić information content (AvgIpc) is 2.03. The second kappa shape index (κ2) is 2.96. The van der Waals surface area contributed by atoms with Crippen LogP contribution in [0.4, 0.5) is 5.82 Å². The zero-order valence-corrected chi connectivity index (χ0v) is 9.63. The lowest BCUT2D eigenvalue weighted by atomic mass is 9.63. The Morgan fingerprint density at radius 2 is 2.14 bits per heavy atom. The molecule has 0 unspecified atom stereocenters. The summed E-state index contributed by atoms with van der Waals surface area (Å²) in [5.41, 5.74) is 0.678. The first-order valence-electron chi connectivity index (χ1n) is 5.15. The predicted molar refractivity (Wildman–Crippen MR) is 60.4 cm³/mol. The minimum absolute atomic E-state index is 0.678. The number of aromatic nitrogens is 1. The molecular formula is C11H13BrN2. The maximum atomic E-state index is 4.40. The molecule has 1 spiro atoms. The number of hydrogen-bond acceptors (Lipinski definition) is 2. The summed E-state index contributed by atoms with van der Waals surface area (Å²) in [6.07, 6.45) is 6.14. The van der Waals surface area contributed by atoms with Gasteiger partial charge in [-0.05, 0) is 40.9 Å². The molecule has 1 aliphatic heterocycles. The van der Waals surface area contributed by atoms with Gasteiger partial charge in [-0.3, -0.25) is 0 Å². The van der Waals surface area contributed by atoms with E-state index in [9.17, 15) is 0 Å². The van der Waals surface area contributed by atoms with E-state index in [0.29, 0.717) is 5.41 Å². The van der Waals surface area contributed by atoms with Crippen LogP contribution in [-0.2, 0) is 0 Å². The van der Waals surface area contributed by atoms with Crippen LogP contribution in [0.5, 0.6) is 0 Å². The zero-order valence-electron chi connectivity index (χ0n) is 8.04. The van der Waals surface area contributed by atoms with Crippen molar-refractivity contribution in [2.45, 2.75) is 19.3 Å². The second-order valence-corrected chi connectivity index (χ2v) is 5.37. The van der Waals surface area contributed by atoms with Gasteiger partial charge in [-0.15, -0.1) is 0 Å². The number of halogens is 1. The molecule has 2 fully saturated rings. The van der Waals surface area contributed by atoms with Crippen LogP contribution in [0.3, 0.4) is 0 Å². The second-order valence-electron chi connectivity index (χ2n) is 4.52. The van der Waals surface area contributed by atoms with Crippen LogP contribution < -0.4 is 4.90 Å². The first kappa shape index (κ1) is 8.72. The van der Waals surface area contributed by atoms with Gasteiger partial charge in [0.1, 0.15) is 5.82 Å². The summed E-state index contributed by atoms with van der Waals surface area (Å²) in [6, 6.07) is 4.03. The number of anilines is 1. The Hall–Kier alpha value is -0.570. The highest BCUT2D eigenvalue weighted by atomic mass is 79.9. The van der Waals surface area contributed by atoms with Gasteiger partial charge in [0.05, 0.1) is 4.47 Å². The molecule has 2 aliphatic rings. The number of hydrogen-bond donors (Lipinski definition) is 0. The molecule has 1 aromatic heterocycles. The Morgan fingerprint density at radius 3 is 2.71 bits per heavy atom. The van der Waals surface area contributed by atoms with E-state index in [4.69, 9.17) is 0 Å². The van der Waals surface area contributed by atoms with E-state index >= 15 is 0 Å². The molecule has 3 rings (SSSR count). The van der Waals surface area contributed by atoms with Crippen LogP contribution in [0.2, 0.25) is 0 Å². The number of nitrogens with zero attached hydrogens (tertiary/aromatic N) is 2. The molecule has 0 atom stereocenters. The normalized spacial score (nSPS) is 23.1. The molecule has 1 aromatic rings. The van der Waals surface area contributed by atoms with Gasteiger partial charge in [-0.2, -0.15) is 0 Å². The summed E-state index contributed by atoms with van der Waals surface area (Å²) in [5.74, 6) is 1.12. The molecule has 74 valence electrons. The van der Waals surface area contributed by atoms with Crippen LogP contribution in [0.1, 0.15) is 19.3 Å². The van der Waals surface area contributed by atoms with Crippen molar-refractivity contribution >= 4 is 21.7 Å². The van der Waals surface area contributed by atoms with Crippen LogP contribution in [0, 0.1) is 5.41 Å². The number of rotatable bonds is 1. The van der Waals surface area contributed by atoms with E-state index in [-0.39, 0.29) is 0 Å². The van der Waals surface area contributed by atoms with E-state index < -0.39 is 0 Å². The fraction of sp³-hybridized carbons (Fsp3) is 0.545. The number of pyridine rings is 1. The van der Waals surface area contributed by atoms with Crippen LogP contribution >= 0.6 is 15.9 Å².